The summed E-state index contributed by atoms with van der Waals surface area (Å²) in [5.74, 6) is 0.710. The summed E-state index contributed by atoms with van der Waals surface area (Å²) in [5.41, 5.74) is 2.95. The number of aromatic nitrogens is 2. The number of aryl methyl sites for hydroxylation is 1. The summed E-state index contributed by atoms with van der Waals surface area (Å²) in [6, 6.07) is 13.5. The van der Waals surface area contributed by atoms with Gasteiger partial charge in [0.15, 0.2) is 0 Å². The highest BCUT2D eigenvalue weighted by molar-refractivity contribution is 9.10. The average molecular weight is 465 g/mol. The van der Waals surface area contributed by atoms with Crippen LogP contribution in [-0.4, -0.2) is 9.97 Å². The van der Waals surface area contributed by atoms with Gasteiger partial charge in [-0.25, -0.2) is 9.97 Å². The van der Waals surface area contributed by atoms with Gasteiger partial charge in [-0.3, -0.25) is 0 Å². The molecule has 4 rings (SSSR count). The molecule has 0 aliphatic heterocycles. The van der Waals surface area contributed by atoms with Gasteiger partial charge in [-0.2, -0.15) is 0 Å². The molecule has 4 aromatic rings. The molecule has 2 heterocycles. The van der Waals surface area contributed by atoms with E-state index < -0.39 is 0 Å². The van der Waals surface area contributed by atoms with Crippen molar-refractivity contribution in [3.05, 3.63) is 68.2 Å². The molecule has 0 saturated heterocycles. The number of nitrogens with zero attached hydrogens (tertiary/aromatic N) is 2. The Morgan fingerprint density at radius 1 is 1.04 bits per heavy atom. The van der Waals surface area contributed by atoms with Crippen LogP contribution in [0.1, 0.15) is 4.88 Å². The minimum atomic E-state index is 0.582. The first-order valence-corrected chi connectivity index (χ1v) is 10.1. The van der Waals surface area contributed by atoms with Crippen LogP contribution in [-0.2, 0) is 0 Å². The van der Waals surface area contributed by atoms with E-state index in [0.717, 1.165) is 25.8 Å². The van der Waals surface area contributed by atoms with Crippen molar-refractivity contribution in [3.63, 3.8) is 0 Å². The van der Waals surface area contributed by atoms with E-state index in [1.807, 2.05) is 12.1 Å². The Balaban J connectivity index is 1.90. The van der Waals surface area contributed by atoms with Crippen LogP contribution in [0.15, 0.2) is 53.3 Å². The van der Waals surface area contributed by atoms with E-state index in [-0.39, 0.29) is 0 Å². The van der Waals surface area contributed by atoms with Crippen molar-refractivity contribution in [2.45, 2.75) is 6.92 Å². The second-order valence-corrected chi connectivity index (χ2v) is 8.65. The van der Waals surface area contributed by atoms with Crippen LogP contribution in [0.3, 0.4) is 0 Å². The topological polar surface area (TPSA) is 37.8 Å². The summed E-state index contributed by atoms with van der Waals surface area (Å²) >= 11 is 17.6. The molecule has 2 aromatic heterocycles. The number of benzene rings is 2. The van der Waals surface area contributed by atoms with E-state index in [0.29, 0.717) is 21.6 Å². The van der Waals surface area contributed by atoms with Gasteiger partial charge in [-0.1, -0.05) is 51.3 Å². The molecule has 0 fully saturated rings. The van der Waals surface area contributed by atoms with E-state index in [1.54, 1.807) is 35.9 Å². The Labute approximate surface area is 173 Å². The molecule has 2 aromatic carbocycles. The zero-order valence-corrected chi connectivity index (χ0v) is 17.5. The van der Waals surface area contributed by atoms with Gasteiger partial charge < -0.3 is 5.32 Å². The summed E-state index contributed by atoms with van der Waals surface area (Å²) < 4.78 is 1.04. The first-order chi connectivity index (χ1) is 12.5. The standard InChI is InChI=1S/C19H12BrCl2N3S/c1-10-16(11-2-4-12(20)5-3-11)17-18(23-9-24-19(17)26-10)25-15-8-13(21)6-7-14(15)22/h2-9H,1H3,(H,23,24,25). The van der Waals surface area contributed by atoms with Gasteiger partial charge in [0.1, 0.15) is 17.0 Å². The highest BCUT2D eigenvalue weighted by atomic mass is 79.9. The fourth-order valence-corrected chi connectivity index (χ4v) is 4.44. The van der Waals surface area contributed by atoms with E-state index in [1.165, 1.54) is 4.88 Å². The van der Waals surface area contributed by atoms with Gasteiger partial charge >= 0.3 is 0 Å². The molecule has 0 bridgehead atoms. The summed E-state index contributed by atoms with van der Waals surface area (Å²) in [4.78, 5) is 11.0. The van der Waals surface area contributed by atoms with Crippen LogP contribution in [0.25, 0.3) is 21.3 Å². The molecule has 0 amide bonds. The summed E-state index contributed by atoms with van der Waals surface area (Å²) in [7, 11) is 0. The van der Waals surface area contributed by atoms with Crippen molar-refractivity contribution < 1.29 is 0 Å². The fourth-order valence-electron chi connectivity index (χ4n) is 2.82. The smallest absolute Gasteiger partial charge is 0.143 e. The molecule has 0 saturated carbocycles. The number of halogens is 3. The van der Waals surface area contributed by atoms with Crippen LogP contribution in [0.5, 0.6) is 0 Å². The monoisotopic (exact) mass is 463 g/mol. The van der Waals surface area contributed by atoms with Gasteiger partial charge in [-0.15, -0.1) is 11.3 Å². The summed E-state index contributed by atoms with van der Waals surface area (Å²) in [5, 5.41) is 5.49. The van der Waals surface area contributed by atoms with Gasteiger partial charge in [0, 0.05) is 19.9 Å². The highest BCUT2D eigenvalue weighted by Crippen LogP contribution is 2.41. The maximum Gasteiger partial charge on any atom is 0.143 e. The molecule has 130 valence electrons. The normalized spacial score (nSPS) is 11.1. The lowest BCUT2D eigenvalue weighted by Gasteiger charge is -2.11. The van der Waals surface area contributed by atoms with Crippen molar-refractivity contribution in [3.8, 4) is 11.1 Å². The molecule has 0 aliphatic carbocycles. The zero-order valence-electron chi connectivity index (χ0n) is 13.6. The molecule has 26 heavy (non-hydrogen) atoms. The van der Waals surface area contributed by atoms with Crippen molar-refractivity contribution in [1.82, 2.24) is 9.97 Å². The lowest BCUT2D eigenvalue weighted by molar-refractivity contribution is 1.23. The first-order valence-electron chi connectivity index (χ1n) is 7.75. The minimum Gasteiger partial charge on any atom is -0.338 e. The molecule has 7 heteroatoms. The molecule has 1 N–H and O–H groups in total. The zero-order chi connectivity index (χ0) is 18.3. The number of fused-ring (bicyclic) bond motifs is 1. The number of hydrogen-bond acceptors (Lipinski definition) is 4. The molecule has 0 aliphatic rings. The van der Waals surface area contributed by atoms with Crippen LogP contribution in [0, 0.1) is 6.92 Å². The summed E-state index contributed by atoms with van der Waals surface area (Å²) in [6.07, 6.45) is 1.56. The van der Waals surface area contributed by atoms with Gasteiger partial charge in [0.25, 0.3) is 0 Å². The number of hydrogen-bond donors (Lipinski definition) is 1. The van der Waals surface area contributed by atoms with Crippen LogP contribution < -0.4 is 5.32 Å². The second-order valence-electron chi connectivity index (χ2n) is 5.69. The van der Waals surface area contributed by atoms with Crippen molar-refractivity contribution in [2.75, 3.05) is 5.32 Å². The Hall–Kier alpha value is -1.66. The van der Waals surface area contributed by atoms with Crippen LogP contribution >= 0.6 is 50.5 Å². The lowest BCUT2D eigenvalue weighted by Crippen LogP contribution is -1.96. The Kier molecular flexibility index (Phi) is 4.88. The maximum absolute atomic E-state index is 6.31. The second kappa shape index (κ2) is 7.16. The van der Waals surface area contributed by atoms with Gasteiger partial charge in [-0.05, 0) is 42.8 Å². The minimum absolute atomic E-state index is 0.582. The number of anilines is 2. The van der Waals surface area contributed by atoms with Gasteiger partial charge in [0.05, 0.1) is 16.1 Å². The highest BCUT2D eigenvalue weighted by Gasteiger charge is 2.17. The fraction of sp³-hybridized carbons (Fsp3) is 0.0526. The predicted molar refractivity (Wildman–Crippen MR) is 115 cm³/mol. The van der Waals surface area contributed by atoms with Crippen molar-refractivity contribution in [2.24, 2.45) is 0 Å². The number of nitrogens with one attached hydrogen (secondary N) is 1. The lowest BCUT2D eigenvalue weighted by atomic mass is 10.0. The van der Waals surface area contributed by atoms with Crippen molar-refractivity contribution >= 4 is 72.2 Å². The molecule has 0 unspecified atom stereocenters. The third-order valence-electron chi connectivity index (χ3n) is 3.98. The molecule has 0 atom stereocenters. The van der Waals surface area contributed by atoms with Gasteiger partial charge in [0.2, 0.25) is 0 Å². The molecular formula is C19H12BrCl2N3S. The van der Waals surface area contributed by atoms with E-state index in [2.05, 4.69) is 50.3 Å². The molecule has 0 spiro atoms. The Bertz CT molecular complexity index is 1110. The third kappa shape index (κ3) is 3.32. The SMILES string of the molecule is Cc1sc2ncnc(Nc3cc(Cl)ccc3Cl)c2c1-c1ccc(Br)cc1. The maximum atomic E-state index is 6.31. The van der Waals surface area contributed by atoms with Crippen LogP contribution in [0.2, 0.25) is 10.0 Å². The third-order valence-corrected chi connectivity index (χ3v) is 6.09. The van der Waals surface area contributed by atoms with E-state index in [4.69, 9.17) is 23.2 Å². The largest absolute Gasteiger partial charge is 0.338 e. The Morgan fingerprint density at radius 2 is 1.81 bits per heavy atom. The van der Waals surface area contributed by atoms with Crippen LogP contribution in [0.4, 0.5) is 11.5 Å². The number of thiophene rings is 1. The molecular weight excluding hydrogens is 453 g/mol. The average Bonchev–Trinajstić information content (AvgIpc) is 2.96. The Morgan fingerprint density at radius 3 is 2.58 bits per heavy atom. The predicted octanol–water partition coefficient (Wildman–Crippen LogP) is 7.48. The van der Waals surface area contributed by atoms with Crippen molar-refractivity contribution in [1.29, 1.82) is 0 Å². The molecule has 0 radical (unpaired) electrons. The number of rotatable bonds is 3. The van der Waals surface area contributed by atoms with E-state index in [9.17, 15) is 0 Å². The molecule has 3 nitrogen and oxygen atoms in total. The van der Waals surface area contributed by atoms with E-state index >= 15 is 0 Å². The quantitative estimate of drug-likeness (QED) is 0.341. The first kappa shape index (κ1) is 17.7. The summed E-state index contributed by atoms with van der Waals surface area (Å²) in [6.45, 7) is 2.10.